The molecular weight excluding hydrogens is 340 g/mol. The quantitative estimate of drug-likeness (QED) is 0.905. The summed E-state index contributed by atoms with van der Waals surface area (Å²) in [4.78, 5) is 28.4. The molecule has 1 atom stereocenters. The minimum Gasteiger partial charge on any atom is -0.341 e. The van der Waals surface area contributed by atoms with Crippen molar-refractivity contribution in [1.82, 2.24) is 20.0 Å². The van der Waals surface area contributed by atoms with Crippen molar-refractivity contribution in [3.05, 3.63) is 42.2 Å². The number of rotatable bonds is 4. The molecule has 2 aromatic rings. The lowest BCUT2D eigenvalue weighted by molar-refractivity contribution is -0.143. The van der Waals surface area contributed by atoms with E-state index in [2.05, 4.69) is 22.3 Å². The lowest BCUT2D eigenvalue weighted by Crippen LogP contribution is -2.49. The lowest BCUT2D eigenvalue weighted by Gasteiger charge is -2.35. The van der Waals surface area contributed by atoms with E-state index in [1.807, 2.05) is 36.2 Å². The van der Waals surface area contributed by atoms with Crippen LogP contribution >= 0.6 is 0 Å². The Morgan fingerprint density at radius 3 is 2.59 bits per heavy atom. The third-order valence-corrected chi connectivity index (χ3v) is 5.90. The summed E-state index contributed by atoms with van der Waals surface area (Å²) >= 11 is 0. The normalized spacial score (nSPS) is 19.5. The highest BCUT2D eigenvalue weighted by molar-refractivity contribution is 5.88. The van der Waals surface area contributed by atoms with Crippen LogP contribution in [0.5, 0.6) is 0 Å². The molecule has 0 saturated carbocycles. The number of H-pyrrole nitrogens is 1. The van der Waals surface area contributed by atoms with Crippen molar-refractivity contribution in [3.8, 4) is 11.1 Å². The molecule has 2 amide bonds. The van der Waals surface area contributed by atoms with E-state index in [9.17, 15) is 9.59 Å². The van der Waals surface area contributed by atoms with Crippen LogP contribution in [0.1, 0.15) is 44.2 Å². The molecule has 6 heteroatoms. The van der Waals surface area contributed by atoms with Gasteiger partial charge in [0.1, 0.15) is 6.04 Å². The number of amides is 2. The lowest BCUT2D eigenvalue weighted by atomic mass is 9.89. The Morgan fingerprint density at radius 1 is 1.19 bits per heavy atom. The average molecular weight is 366 g/mol. The summed E-state index contributed by atoms with van der Waals surface area (Å²) < 4.78 is 0. The Balaban J connectivity index is 1.41. The Hall–Kier alpha value is -2.63. The minimum absolute atomic E-state index is 0.0802. The number of benzene rings is 1. The van der Waals surface area contributed by atoms with E-state index < -0.39 is 0 Å². The van der Waals surface area contributed by atoms with Crippen molar-refractivity contribution in [2.75, 3.05) is 19.6 Å². The zero-order chi connectivity index (χ0) is 18.8. The third-order valence-electron chi connectivity index (χ3n) is 5.90. The molecule has 27 heavy (non-hydrogen) atoms. The first-order valence-electron chi connectivity index (χ1n) is 9.82. The predicted molar refractivity (Wildman–Crippen MR) is 103 cm³/mol. The van der Waals surface area contributed by atoms with E-state index in [4.69, 9.17) is 0 Å². The van der Waals surface area contributed by atoms with E-state index in [1.54, 1.807) is 4.90 Å². The van der Waals surface area contributed by atoms with Crippen LogP contribution in [0.25, 0.3) is 11.1 Å². The molecule has 2 aliphatic rings. The van der Waals surface area contributed by atoms with Gasteiger partial charge in [0, 0.05) is 43.2 Å². The van der Waals surface area contributed by atoms with Crippen LogP contribution in [-0.2, 0) is 9.59 Å². The van der Waals surface area contributed by atoms with Crippen LogP contribution in [-0.4, -0.2) is 57.5 Å². The van der Waals surface area contributed by atoms with Crippen molar-refractivity contribution < 1.29 is 9.59 Å². The van der Waals surface area contributed by atoms with Crippen molar-refractivity contribution in [2.45, 2.75) is 44.6 Å². The second-order valence-electron chi connectivity index (χ2n) is 7.53. The van der Waals surface area contributed by atoms with Gasteiger partial charge in [-0.3, -0.25) is 14.7 Å². The number of hydrogen-bond donors (Lipinski definition) is 1. The smallest absolute Gasteiger partial charge is 0.245 e. The standard InChI is InChI=1S/C21H26N4O2/c1-15(25-11-5-8-19(25)26)21(27)24-12-9-17(10-13-24)20-18(14-22-23-20)16-6-3-2-4-7-16/h2-4,6-7,14-15,17H,5,8-13H2,1H3,(H,22,23)/t15-/m1/s1. The number of carbonyl (C=O) groups excluding carboxylic acids is 2. The van der Waals surface area contributed by atoms with Crippen LogP contribution in [0.4, 0.5) is 0 Å². The maximum absolute atomic E-state index is 12.8. The second kappa shape index (κ2) is 7.55. The molecule has 2 saturated heterocycles. The maximum Gasteiger partial charge on any atom is 0.245 e. The van der Waals surface area contributed by atoms with E-state index in [0.717, 1.165) is 43.6 Å². The SMILES string of the molecule is C[C@H](C(=O)N1CCC(c2[nH]ncc2-c2ccccc2)CC1)N1CCCC1=O. The van der Waals surface area contributed by atoms with E-state index >= 15 is 0 Å². The summed E-state index contributed by atoms with van der Waals surface area (Å²) in [6.07, 6.45) is 5.15. The first-order chi connectivity index (χ1) is 13.1. The average Bonchev–Trinajstić information content (AvgIpc) is 3.37. The summed E-state index contributed by atoms with van der Waals surface area (Å²) in [7, 11) is 0. The van der Waals surface area contributed by atoms with Crippen LogP contribution < -0.4 is 0 Å². The number of likely N-dealkylation sites (tertiary alicyclic amines) is 2. The van der Waals surface area contributed by atoms with Gasteiger partial charge in [-0.2, -0.15) is 5.10 Å². The Labute approximate surface area is 159 Å². The molecule has 1 N–H and O–H groups in total. The molecule has 2 fully saturated rings. The second-order valence-corrected chi connectivity index (χ2v) is 7.53. The van der Waals surface area contributed by atoms with E-state index in [-0.39, 0.29) is 17.9 Å². The van der Waals surface area contributed by atoms with Gasteiger partial charge < -0.3 is 9.80 Å². The van der Waals surface area contributed by atoms with Gasteiger partial charge in [-0.15, -0.1) is 0 Å². The highest BCUT2D eigenvalue weighted by atomic mass is 16.2. The Morgan fingerprint density at radius 2 is 1.93 bits per heavy atom. The fraction of sp³-hybridized carbons (Fsp3) is 0.476. The molecule has 0 unspecified atom stereocenters. The first kappa shape index (κ1) is 17.8. The van der Waals surface area contributed by atoms with E-state index in [1.165, 1.54) is 5.56 Å². The van der Waals surface area contributed by atoms with E-state index in [0.29, 0.717) is 18.9 Å². The largest absolute Gasteiger partial charge is 0.341 e. The fourth-order valence-electron chi connectivity index (χ4n) is 4.32. The molecule has 0 bridgehead atoms. The number of nitrogens with zero attached hydrogens (tertiary/aromatic N) is 3. The zero-order valence-electron chi connectivity index (χ0n) is 15.7. The Bertz CT molecular complexity index is 809. The molecular formula is C21H26N4O2. The van der Waals surface area contributed by atoms with Gasteiger partial charge in [0.25, 0.3) is 0 Å². The highest BCUT2D eigenvalue weighted by Gasteiger charge is 2.34. The summed E-state index contributed by atoms with van der Waals surface area (Å²) in [5.41, 5.74) is 3.48. The molecule has 0 radical (unpaired) electrons. The predicted octanol–water partition coefficient (Wildman–Crippen LogP) is 2.79. The number of hydrogen-bond acceptors (Lipinski definition) is 3. The van der Waals surface area contributed by atoms with Crippen LogP contribution in [0.3, 0.4) is 0 Å². The van der Waals surface area contributed by atoms with Gasteiger partial charge in [0.2, 0.25) is 11.8 Å². The molecule has 6 nitrogen and oxygen atoms in total. The molecule has 4 rings (SSSR count). The van der Waals surface area contributed by atoms with Gasteiger partial charge in [0.15, 0.2) is 0 Å². The summed E-state index contributed by atoms with van der Waals surface area (Å²) in [6.45, 7) is 4.02. The molecule has 1 aromatic carbocycles. The molecule has 2 aliphatic heterocycles. The van der Waals surface area contributed by atoms with Crippen LogP contribution in [0.2, 0.25) is 0 Å². The number of aromatic nitrogens is 2. The van der Waals surface area contributed by atoms with Crippen LogP contribution in [0.15, 0.2) is 36.5 Å². The number of carbonyl (C=O) groups is 2. The van der Waals surface area contributed by atoms with Crippen molar-refractivity contribution in [1.29, 1.82) is 0 Å². The van der Waals surface area contributed by atoms with Crippen LogP contribution in [0, 0.1) is 0 Å². The van der Waals surface area contributed by atoms with Gasteiger partial charge in [-0.25, -0.2) is 0 Å². The fourth-order valence-corrected chi connectivity index (χ4v) is 4.32. The summed E-state index contributed by atoms with van der Waals surface area (Å²) in [5, 5.41) is 7.45. The maximum atomic E-state index is 12.8. The van der Waals surface area contributed by atoms with Crippen molar-refractivity contribution in [2.24, 2.45) is 0 Å². The number of nitrogens with one attached hydrogen (secondary N) is 1. The number of aromatic amines is 1. The van der Waals surface area contributed by atoms with Crippen molar-refractivity contribution in [3.63, 3.8) is 0 Å². The molecule has 3 heterocycles. The molecule has 0 spiro atoms. The molecule has 142 valence electrons. The monoisotopic (exact) mass is 366 g/mol. The summed E-state index contributed by atoms with van der Waals surface area (Å²) in [6, 6.07) is 9.94. The van der Waals surface area contributed by atoms with Gasteiger partial charge in [0.05, 0.1) is 6.20 Å². The third kappa shape index (κ3) is 3.48. The Kier molecular flexibility index (Phi) is 4.97. The highest BCUT2D eigenvalue weighted by Crippen LogP contribution is 2.34. The zero-order valence-corrected chi connectivity index (χ0v) is 15.7. The molecule has 1 aromatic heterocycles. The minimum atomic E-state index is -0.344. The molecule has 0 aliphatic carbocycles. The van der Waals surface area contributed by atoms with Gasteiger partial charge >= 0.3 is 0 Å². The van der Waals surface area contributed by atoms with Gasteiger partial charge in [-0.1, -0.05) is 30.3 Å². The number of piperidine rings is 1. The summed E-state index contributed by atoms with van der Waals surface area (Å²) in [5.74, 6) is 0.558. The topological polar surface area (TPSA) is 69.3 Å². The first-order valence-corrected chi connectivity index (χ1v) is 9.82. The van der Waals surface area contributed by atoms with Gasteiger partial charge in [-0.05, 0) is 31.7 Å². The van der Waals surface area contributed by atoms with Crippen molar-refractivity contribution >= 4 is 11.8 Å².